The summed E-state index contributed by atoms with van der Waals surface area (Å²) in [6.45, 7) is 0.675. The average molecular weight is 433 g/mol. The van der Waals surface area contributed by atoms with Gasteiger partial charge in [-0.2, -0.15) is 9.61 Å². The van der Waals surface area contributed by atoms with Crippen LogP contribution in [-0.4, -0.2) is 42.8 Å². The van der Waals surface area contributed by atoms with Crippen molar-refractivity contribution in [3.8, 4) is 11.1 Å². The minimum atomic E-state index is -0.775. The van der Waals surface area contributed by atoms with Gasteiger partial charge >= 0.3 is 5.97 Å². The number of halogens is 1. The molecule has 4 N–H and O–H groups in total. The first-order chi connectivity index (χ1) is 12.9. The van der Waals surface area contributed by atoms with Crippen molar-refractivity contribution in [3.05, 3.63) is 34.8 Å². The molecular formula is C18H21BrN6O2. The van der Waals surface area contributed by atoms with Crippen molar-refractivity contribution in [2.45, 2.75) is 31.2 Å². The Balaban J connectivity index is 1.69. The lowest BCUT2D eigenvalue weighted by atomic mass is 9.90. The predicted molar refractivity (Wildman–Crippen MR) is 106 cm³/mol. The van der Waals surface area contributed by atoms with Gasteiger partial charge in [-0.05, 0) is 34.8 Å². The van der Waals surface area contributed by atoms with Crippen LogP contribution in [0, 0.1) is 0 Å². The van der Waals surface area contributed by atoms with Crippen LogP contribution in [0.5, 0.6) is 0 Å². The van der Waals surface area contributed by atoms with E-state index < -0.39 is 5.97 Å². The molecule has 3 aromatic rings. The first-order valence-electron chi connectivity index (χ1n) is 8.84. The molecule has 0 aromatic carbocycles. The van der Waals surface area contributed by atoms with Gasteiger partial charge in [-0.25, -0.2) is 4.98 Å². The maximum absolute atomic E-state index is 10.9. The Morgan fingerprint density at radius 3 is 2.93 bits per heavy atom. The predicted octanol–water partition coefficient (Wildman–Crippen LogP) is 2.39. The Morgan fingerprint density at radius 2 is 2.30 bits per heavy atom. The number of hydrogen-bond acceptors (Lipinski definition) is 5. The fourth-order valence-corrected chi connectivity index (χ4v) is 4.26. The van der Waals surface area contributed by atoms with Crippen LogP contribution in [0.3, 0.4) is 0 Å². The molecule has 0 amide bonds. The molecule has 2 atom stereocenters. The molecule has 27 heavy (non-hydrogen) atoms. The highest BCUT2D eigenvalue weighted by Gasteiger charge is 2.28. The van der Waals surface area contributed by atoms with Crippen molar-refractivity contribution in [1.82, 2.24) is 24.5 Å². The van der Waals surface area contributed by atoms with E-state index in [0.717, 1.165) is 39.8 Å². The number of nitrogens with two attached hydrogens (primary N) is 1. The van der Waals surface area contributed by atoms with E-state index in [-0.39, 0.29) is 18.4 Å². The molecule has 0 radical (unpaired) electrons. The zero-order valence-corrected chi connectivity index (χ0v) is 16.5. The van der Waals surface area contributed by atoms with Gasteiger partial charge in [0.2, 0.25) is 0 Å². The van der Waals surface area contributed by atoms with Gasteiger partial charge in [0.05, 0.1) is 22.8 Å². The molecule has 0 aliphatic carbocycles. The topological polar surface area (TPSA) is 110 Å². The largest absolute Gasteiger partial charge is 0.481 e. The molecule has 9 heteroatoms. The van der Waals surface area contributed by atoms with Gasteiger partial charge < -0.3 is 20.7 Å². The number of carboxylic acid groups (broad SMARTS) is 1. The van der Waals surface area contributed by atoms with Gasteiger partial charge in [-0.1, -0.05) is 0 Å². The van der Waals surface area contributed by atoms with E-state index in [1.165, 1.54) is 0 Å². The average Bonchev–Trinajstić information content (AvgIpc) is 3.24. The smallest absolute Gasteiger partial charge is 0.304 e. The monoisotopic (exact) mass is 432 g/mol. The molecule has 4 heterocycles. The molecule has 0 spiro atoms. The van der Waals surface area contributed by atoms with Crippen LogP contribution in [0.25, 0.3) is 16.8 Å². The third-order valence-corrected chi connectivity index (χ3v) is 5.93. The molecule has 1 saturated heterocycles. The van der Waals surface area contributed by atoms with Gasteiger partial charge in [0.25, 0.3) is 0 Å². The fourth-order valence-electron chi connectivity index (χ4n) is 3.68. The maximum Gasteiger partial charge on any atom is 0.304 e. The van der Waals surface area contributed by atoms with Crippen LogP contribution in [0.1, 0.15) is 30.9 Å². The number of hydrogen-bond donors (Lipinski definition) is 3. The number of aliphatic carboxylic acids is 1. The molecule has 8 nitrogen and oxygen atoms in total. The number of anilines is 1. The Bertz CT molecular complexity index is 1000. The van der Waals surface area contributed by atoms with Crippen molar-refractivity contribution >= 4 is 33.4 Å². The van der Waals surface area contributed by atoms with Gasteiger partial charge in [0, 0.05) is 49.1 Å². The Kier molecular flexibility index (Phi) is 4.65. The number of aromatic nitrogens is 4. The van der Waals surface area contributed by atoms with E-state index in [1.807, 2.05) is 30.1 Å². The summed E-state index contributed by atoms with van der Waals surface area (Å²) in [5.41, 5.74) is 9.91. The summed E-state index contributed by atoms with van der Waals surface area (Å²) in [6, 6.07) is 2.03. The van der Waals surface area contributed by atoms with E-state index in [1.54, 1.807) is 10.7 Å². The summed E-state index contributed by atoms with van der Waals surface area (Å²) < 4.78 is 4.39. The second-order valence-electron chi connectivity index (χ2n) is 7.03. The molecule has 1 aliphatic rings. The molecule has 0 saturated carbocycles. The summed E-state index contributed by atoms with van der Waals surface area (Å²) in [7, 11) is 1.97. The van der Waals surface area contributed by atoms with E-state index in [9.17, 15) is 4.79 Å². The van der Waals surface area contributed by atoms with Crippen LogP contribution in [0.15, 0.2) is 29.1 Å². The molecule has 0 bridgehead atoms. The quantitative estimate of drug-likeness (QED) is 0.583. The first kappa shape index (κ1) is 18.0. The van der Waals surface area contributed by atoms with Gasteiger partial charge in [-0.15, -0.1) is 0 Å². The van der Waals surface area contributed by atoms with Crippen LogP contribution in [0.2, 0.25) is 0 Å². The molecule has 142 valence electrons. The van der Waals surface area contributed by atoms with Crippen molar-refractivity contribution in [2.24, 2.45) is 7.05 Å². The van der Waals surface area contributed by atoms with E-state index in [4.69, 9.17) is 15.8 Å². The van der Waals surface area contributed by atoms with E-state index in [2.05, 4.69) is 26.3 Å². The van der Waals surface area contributed by atoms with Crippen molar-refractivity contribution in [3.63, 3.8) is 0 Å². The van der Waals surface area contributed by atoms with Gasteiger partial charge in [0.1, 0.15) is 5.82 Å². The minimum absolute atomic E-state index is 0.00782. The second kappa shape index (κ2) is 6.97. The third kappa shape index (κ3) is 3.32. The fraction of sp³-hybridized carbons (Fsp3) is 0.389. The summed E-state index contributed by atoms with van der Waals surface area (Å²) >= 11 is 3.59. The van der Waals surface area contributed by atoms with Gasteiger partial charge in [-0.3, -0.25) is 4.79 Å². The van der Waals surface area contributed by atoms with Gasteiger partial charge in [0.15, 0.2) is 5.65 Å². The molecule has 4 rings (SSSR count). The highest BCUT2D eigenvalue weighted by Crippen LogP contribution is 2.35. The standard InChI is InChI=1S/C18H21BrN6O2/c1-24-5-4-11(9-24)13-8-22-25-17(20)15(19)16(23-18(13)25)10-2-3-12(21-7-10)6-14(26)27/h4-5,8-10,12,21H,2-3,6-7,20H2,1H3,(H,26,27)/t10-,12-/m0/s1. The van der Waals surface area contributed by atoms with Crippen LogP contribution in [0.4, 0.5) is 5.82 Å². The zero-order chi connectivity index (χ0) is 19.1. The van der Waals surface area contributed by atoms with Crippen molar-refractivity contribution in [1.29, 1.82) is 0 Å². The summed E-state index contributed by atoms with van der Waals surface area (Å²) in [4.78, 5) is 15.8. The number of nitrogens with zero attached hydrogens (tertiary/aromatic N) is 4. The van der Waals surface area contributed by atoms with E-state index in [0.29, 0.717) is 12.4 Å². The number of aryl methyl sites for hydroxylation is 1. The van der Waals surface area contributed by atoms with Crippen molar-refractivity contribution in [2.75, 3.05) is 12.3 Å². The lowest BCUT2D eigenvalue weighted by Gasteiger charge is -2.29. The summed E-state index contributed by atoms with van der Waals surface area (Å²) in [5, 5.41) is 16.7. The van der Waals surface area contributed by atoms with Crippen LogP contribution in [-0.2, 0) is 11.8 Å². The highest BCUT2D eigenvalue weighted by molar-refractivity contribution is 9.10. The normalized spacial score (nSPS) is 20.2. The Hall–Kier alpha value is -2.39. The molecule has 1 fully saturated rings. The number of nitrogens with one attached hydrogen (secondary N) is 1. The van der Waals surface area contributed by atoms with Crippen LogP contribution < -0.4 is 11.1 Å². The third-order valence-electron chi connectivity index (χ3n) is 5.12. The first-order valence-corrected chi connectivity index (χ1v) is 9.63. The van der Waals surface area contributed by atoms with E-state index >= 15 is 0 Å². The summed E-state index contributed by atoms with van der Waals surface area (Å²) in [6.07, 6.45) is 7.59. The Labute approximate surface area is 164 Å². The molecule has 3 aromatic heterocycles. The Morgan fingerprint density at radius 1 is 1.48 bits per heavy atom. The molecule has 1 aliphatic heterocycles. The lowest BCUT2D eigenvalue weighted by molar-refractivity contribution is -0.137. The number of carboxylic acids is 1. The number of nitrogen functional groups attached to an aromatic ring is 1. The number of rotatable bonds is 4. The molecular weight excluding hydrogens is 412 g/mol. The molecule has 0 unspecified atom stereocenters. The number of fused-ring (bicyclic) bond motifs is 1. The van der Waals surface area contributed by atoms with Crippen LogP contribution >= 0.6 is 15.9 Å². The number of carbonyl (C=O) groups is 1. The zero-order valence-electron chi connectivity index (χ0n) is 14.9. The number of piperidine rings is 1. The van der Waals surface area contributed by atoms with Crippen molar-refractivity contribution < 1.29 is 9.90 Å². The minimum Gasteiger partial charge on any atom is -0.481 e. The summed E-state index contributed by atoms with van der Waals surface area (Å²) in [5.74, 6) is -0.0947. The second-order valence-corrected chi connectivity index (χ2v) is 7.83. The maximum atomic E-state index is 10.9. The SMILES string of the molecule is Cn1ccc(-c2cnn3c(N)c(Br)c([C@H]4CC[C@@H](CC(=O)O)NC4)nc23)c1. The highest BCUT2D eigenvalue weighted by atomic mass is 79.9. The lowest BCUT2D eigenvalue weighted by Crippen LogP contribution is -2.39.